The lowest BCUT2D eigenvalue weighted by molar-refractivity contribution is 0.107. The van der Waals surface area contributed by atoms with Crippen LogP contribution in [0.4, 0.5) is 4.39 Å². The second-order valence-corrected chi connectivity index (χ2v) is 6.97. The van der Waals surface area contributed by atoms with Crippen LogP contribution in [0.2, 0.25) is 0 Å². The molecule has 0 spiro atoms. The predicted molar refractivity (Wildman–Crippen MR) is 73.8 cm³/mol. The van der Waals surface area contributed by atoms with E-state index in [1.807, 2.05) is 13.0 Å². The molecule has 0 radical (unpaired) electrons. The summed E-state index contributed by atoms with van der Waals surface area (Å²) in [5.41, 5.74) is 8.58. The average Bonchev–Trinajstić information content (AvgIpc) is 2.17. The van der Waals surface area contributed by atoms with Gasteiger partial charge in [-0.15, -0.1) is 0 Å². The maximum absolute atomic E-state index is 13.5. The van der Waals surface area contributed by atoms with Crippen molar-refractivity contribution >= 4 is 0 Å². The van der Waals surface area contributed by atoms with Gasteiger partial charge in [0, 0.05) is 5.54 Å². The summed E-state index contributed by atoms with van der Waals surface area (Å²) in [5.74, 6) is 0.401. The summed E-state index contributed by atoms with van der Waals surface area (Å²) in [4.78, 5) is 0. The van der Waals surface area contributed by atoms with E-state index < -0.39 is 0 Å². The maximum atomic E-state index is 13.5. The number of halogens is 1. The minimum atomic E-state index is -0.382. The van der Waals surface area contributed by atoms with E-state index in [0.29, 0.717) is 5.92 Å². The molecule has 1 aromatic rings. The molecule has 1 aromatic carbocycles. The van der Waals surface area contributed by atoms with Gasteiger partial charge < -0.3 is 5.73 Å². The van der Waals surface area contributed by atoms with Gasteiger partial charge in [-0.25, -0.2) is 4.39 Å². The fourth-order valence-electron chi connectivity index (χ4n) is 3.97. The highest BCUT2D eigenvalue weighted by molar-refractivity contribution is 5.34. The van der Waals surface area contributed by atoms with Gasteiger partial charge in [0.25, 0.3) is 0 Å². The first-order valence-electron chi connectivity index (χ1n) is 6.77. The molecule has 1 nitrogen and oxygen atoms in total. The van der Waals surface area contributed by atoms with Gasteiger partial charge in [-0.1, -0.05) is 26.8 Å². The molecule has 0 aliphatic heterocycles. The van der Waals surface area contributed by atoms with Crippen molar-refractivity contribution < 1.29 is 4.39 Å². The highest BCUT2D eigenvalue weighted by Crippen LogP contribution is 2.47. The summed E-state index contributed by atoms with van der Waals surface area (Å²) >= 11 is 0. The second-order valence-electron chi connectivity index (χ2n) is 6.97. The van der Waals surface area contributed by atoms with Gasteiger partial charge >= 0.3 is 0 Å². The van der Waals surface area contributed by atoms with Crippen molar-refractivity contribution in [2.24, 2.45) is 17.1 Å². The van der Waals surface area contributed by atoms with Crippen LogP contribution in [-0.4, -0.2) is 0 Å². The van der Waals surface area contributed by atoms with E-state index in [0.717, 1.165) is 24.0 Å². The third-order valence-corrected chi connectivity index (χ3v) is 4.14. The minimum Gasteiger partial charge on any atom is -0.321 e. The molecule has 0 heterocycles. The summed E-state index contributed by atoms with van der Waals surface area (Å²) in [6.45, 7) is 8.80. The van der Waals surface area contributed by atoms with Gasteiger partial charge in [-0.3, -0.25) is 0 Å². The van der Waals surface area contributed by atoms with Gasteiger partial charge in [0.15, 0.2) is 0 Å². The van der Waals surface area contributed by atoms with Crippen molar-refractivity contribution in [3.63, 3.8) is 0 Å². The molecule has 2 rings (SSSR count). The monoisotopic (exact) mass is 249 g/mol. The zero-order chi connectivity index (χ0) is 13.6. The van der Waals surface area contributed by atoms with Crippen LogP contribution >= 0.6 is 0 Å². The first-order chi connectivity index (χ1) is 8.22. The topological polar surface area (TPSA) is 26.0 Å². The van der Waals surface area contributed by atoms with E-state index in [4.69, 9.17) is 5.73 Å². The Morgan fingerprint density at radius 1 is 1.28 bits per heavy atom. The van der Waals surface area contributed by atoms with E-state index in [1.165, 1.54) is 12.5 Å². The number of hydrogen-bond donors (Lipinski definition) is 1. The fraction of sp³-hybridized carbons (Fsp3) is 0.625. The largest absolute Gasteiger partial charge is 0.321 e. The maximum Gasteiger partial charge on any atom is 0.123 e. The molecule has 2 atom stereocenters. The highest BCUT2D eigenvalue weighted by Gasteiger charge is 2.42. The highest BCUT2D eigenvalue weighted by atomic mass is 19.1. The second kappa shape index (κ2) is 4.34. The molecule has 100 valence electrons. The summed E-state index contributed by atoms with van der Waals surface area (Å²) in [7, 11) is 0. The number of aryl methyl sites for hydroxylation is 1. The van der Waals surface area contributed by atoms with E-state index in [9.17, 15) is 4.39 Å². The van der Waals surface area contributed by atoms with E-state index in [2.05, 4.69) is 20.8 Å². The molecule has 2 heteroatoms. The Bertz CT molecular complexity index is 452. The van der Waals surface area contributed by atoms with Crippen LogP contribution in [0, 0.1) is 24.1 Å². The van der Waals surface area contributed by atoms with E-state index in [1.54, 1.807) is 6.07 Å². The Morgan fingerprint density at radius 3 is 2.56 bits per heavy atom. The van der Waals surface area contributed by atoms with Crippen molar-refractivity contribution in [3.8, 4) is 0 Å². The van der Waals surface area contributed by atoms with Gasteiger partial charge in [-0.05, 0) is 60.8 Å². The van der Waals surface area contributed by atoms with Crippen molar-refractivity contribution in [1.82, 2.24) is 0 Å². The van der Waals surface area contributed by atoms with Crippen molar-refractivity contribution in [2.75, 3.05) is 0 Å². The fourth-order valence-corrected chi connectivity index (χ4v) is 3.97. The Morgan fingerprint density at radius 2 is 1.94 bits per heavy atom. The van der Waals surface area contributed by atoms with Crippen LogP contribution in [-0.2, 0) is 5.54 Å². The summed E-state index contributed by atoms with van der Waals surface area (Å²) in [5, 5.41) is 0. The first kappa shape index (κ1) is 13.5. The third-order valence-electron chi connectivity index (χ3n) is 4.14. The molecular formula is C16H24FN. The lowest BCUT2D eigenvalue weighted by Crippen LogP contribution is -2.47. The lowest BCUT2D eigenvalue weighted by atomic mass is 9.62. The predicted octanol–water partition coefficient (Wildman–Crippen LogP) is 4.13. The van der Waals surface area contributed by atoms with Crippen LogP contribution < -0.4 is 5.73 Å². The molecule has 2 N–H and O–H groups in total. The Kier molecular flexibility index (Phi) is 3.26. The molecule has 0 saturated heterocycles. The lowest BCUT2D eigenvalue weighted by Gasteiger charge is -2.46. The molecule has 0 aromatic heterocycles. The number of rotatable bonds is 1. The van der Waals surface area contributed by atoms with Crippen LogP contribution in [0.5, 0.6) is 0 Å². The zero-order valence-electron chi connectivity index (χ0n) is 11.9. The van der Waals surface area contributed by atoms with Crippen LogP contribution in [0.1, 0.15) is 51.2 Å². The van der Waals surface area contributed by atoms with Gasteiger partial charge in [-0.2, -0.15) is 0 Å². The molecule has 1 fully saturated rings. The molecule has 1 aliphatic carbocycles. The Hall–Kier alpha value is -0.890. The molecule has 1 aliphatic rings. The van der Waals surface area contributed by atoms with E-state index in [-0.39, 0.29) is 16.8 Å². The number of hydrogen-bond acceptors (Lipinski definition) is 1. The molecule has 0 amide bonds. The SMILES string of the molecule is Cc1ccc(F)cc1C1(N)CC(C)CC(C)(C)C1. The molecular weight excluding hydrogens is 225 g/mol. The van der Waals surface area contributed by atoms with Gasteiger partial charge in [0.1, 0.15) is 5.82 Å². The summed E-state index contributed by atoms with van der Waals surface area (Å²) in [6.07, 6.45) is 3.07. The van der Waals surface area contributed by atoms with Crippen molar-refractivity contribution in [2.45, 2.75) is 52.5 Å². The normalized spacial score (nSPS) is 31.3. The smallest absolute Gasteiger partial charge is 0.123 e. The Labute approximate surface area is 110 Å². The quantitative estimate of drug-likeness (QED) is 0.795. The minimum absolute atomic E-state index is 0.184. The standard InChI is InChI=1S/C16H24FN/c1-11-8-15(3,4)10-16(18,9-11)14-7-13(17)6-5-12(14)2/h5-7,11H,8-10,18H2,1-4H3. The summed E-state index contributed by atoms with van der Waals surface area (Å²) in [6, 6.07) is 4.98. The van der Waals surface area contributed by atoms with Gasteiger partial charge in [0.05, 0.1) is 0 Å². The van der Waals surface area contributed by atoms with Crippen molar-refractivity contribution in [3.05, 3.63) is 35.1 Å². The number of benzene rings is 1. The molecule has 0 bridgehead atoms. The van der Waals surface area contributed by atoms with E-state index >= 15 is 0 Å². The van der Waals surface area contributed by atoms with Gasteiger partial charge in [0.2, 0.25) is 0 Å². The van der Waals surface area contributed by atoms with Crippen molar-refractivity contribution in [1.29, 1.82) is 0 Å². The molecule has 1 saturated carbocycles. The average molecular weight is 249 g/mol. The van der Waals surface area contributed by atoms with Crippen LogP contribution in [0.25, 0.3) is 0 Å². The number of nitrogens with two attached hydrogens (primary N) is 1. The third kappa shape index (κ3) is 2.59. The first-order valence-corrected chi connectivity index (χ1v) is 6.77. The zero-order valence-corrected chi connectivity index (χ0v) is 11.9. The summed E-state index contributed by atoms with van der Waals surface area (Å²) < 4.78 is 13.5. The molecule has 18 heavy (non-hydrogen) atoms. The Balaban J connectivity index is 2.43. The molecule has 2 unspecified atom stereocenters. The van der Waals surface area contributed by atoms with Crippen LogP contribution in [0.15, 0.2) is 18.2 Å². The van der Waals surface area contributed by atoms with Crippen LogP contribution in [0.3, 0.4) is 0 Å².